The Balaban J connectivity index is 0.00000225. The van der Waals surface area contributed by atoms with Crippen LogP contribution in [0.15, 0.2) is 85.0 Å². The largest absolute Gasteiger partial charge is 4.00 e. The van der Waals surface area contributed by atoms with E-state index >= 15 is 0 Å². The molecule has 0 aliphatic heterocycles. The van der Waals surface area contributed by atoms with Gasteiger partial charge < -0.3 is 43.6 Å². The van der Waals surface area contributed by atoms with Gasteiger partial charge in [-0.2, -0.15) is 5.92 Å². The third-order valence-electron chi connectivity index (χ3n) is 6.80. The molecule has 0 radical (unpaired) electrons. The maximum absolute atomic E-state index is 2.60. The van der Waals surface area contributed by atoms with Crippen molar-refractivity contribution >= 4 is 0 Å². The van der Waals surface area contributed by atoms with Crippen LogP contribution in [0.4, 0.5) is 0 Å². The standard InChI is InChI=1S/C27H31.3ClH.Ti/c1-3-4-19-27(23-14-7-5-8-15-23,24-16-9-6-10-17-24)26-21(2)20-22-13-11-12-18-25(22)26;;;;/h5-18,20-22,25-26H,3-4,19H2,1-2H3;3*1H;/q-1;;;;+4/p-3. The van der Waals surface area contributed by atoms with Gasteiger partial charge >= 0.3 is 21.7 Å². The second-order valence-electron chi connectivity index (χ2n) is 8.31. The van der Waals surface area contributed by atoms with Crippen LogP contribution >= 0.6 is 0 Å². The van der Waals surface area contributed by atoms with Gasteiger partial charge in [-0.3, -0.25) is 0 Å². The molecule has 4 unspecified atom stereocenters. The molecule has 4 heteroatoms. The fraction of sp³-hybridized carbons (Fsp3) is 0.370. The zero-order chi connectivity index (χ0) is 18.7. The molecule has 4 atom stereocenters. The van der Waals surface area contributed by atoms with Crippen LogP contribution in [0.1, 0.15) is 44.2 Å². The van der Waals surface area contributed by atoms with E-state index in [4.69, 9.17) is 0 Å². The summed E-state index contributed by atoms with van der Waals surface area (Å²) >= 11 is 0. The molecule has 1 fully saturated rings. The van der Waals surface area contributed by atoms with Gasteiger partial charge in [-0.25, -0.2) is 0 Å². The van der Waals surface area contributed by atoms with Crippen LogP contribution in [0, 0.1) is 30.1 Å². The van der Waals surface area contributed by atoms with E-state index in [9.17, 15) is 0 Å². The van der Waals surface area contributed by atoms with Gasteiger partial charge in [0.2, 0.25) is 0 Å². The predicted molar refractivity (Wildman–Crippen MR) is 115 cm³/mol. The van der Waals surface area contributed by atoms with Crippen LogP contribution < -0.4 is 37.2 Å². The number of fused-ring (bicyclic) bond motifs is 1. The molecule has 1 saturated carbocycles. The summed E-state index contributed by atoms with van der Waals surface area (Å²) in [6, 6.07) is 22.6. The minimum absolute atomic E-state index is 0. The summed E-state index contributed by atoms with van der Waals surface area (Å²) < 4.78 is 0. The number of benzene rings is 2. The van der Waals surface area contributed by atoms with Crippen molar-refractivity contribution in [2.24, 2.45) is 23.7 Å². The minimum Gasteiger partial charge on any atom is -1.00 e. The normalized spacial score (nSPS) is 23.4. The fourth-order valence-electron chi connectivity index (χ4n) is 5.72. The van der Waals surface area contributed by atoms with Crippen LogP contribution in [0.2, 0.25) is 0 Å². The summed E-state index contributed by atoms with van der Waals surface area (Å²) in [5.74, 6) is 2.33. The van der Waals surface area contributed by atoms with Crippen LogP contribution in [-0.2, 0) is 27.1 Å². The van der Waals surface area contributed by atoms with Gasteiger partial charge in [0.25, 0.3) is 0 Å². The first-order valence-corrected chi connectivity index (χ1v) is 10.6. The van der Waals surface area contributed by atoms with Crippen molar-refractivity contribution in [1.82, 2.24) is 0 Å². The Bertz CT molecular complexity index is 764. The second-order valence-corrected chi connectivity index (χ2v) is 8.31. The van der Waals surface area contributed by atoms with Gasteiger partial charge in [-0.05, 0) is 29.4 Å². The summed E-state index contributed by atoms with van der Waals surface area (Å²) in [6.45, 7) is 4.76. The van der Waals surface area contributed by atoms with Crippen molar-refractivity contribution < 1.29 is 58.9 Å². The van der Waals surface area contributed by atoms with E-state index < -0.39 is 0 Å². The van der Waals surface area contributed by atoms with Crippen molar-refractivity contribution in [2.45, 2.75) is 38.5 Å². The number of allylic oxidation sites excluding steroid dienone is 4. The molecule has 164 valence electrons. The van der Waals surface area contributed by atoms with Crippen LogP contribution in [0.5, 0.6) is 0 Å². The van der Waals surface area contributed by atoms with E-state index in [1.165, 1.54) is 30.4 Å². The Labute approximate surface area is 222 Å². The van der Waals surface area contributed by atoms with Gasteiger partial charge in [0.15, 0.2) is 0 Å². The maximum atomic E-state index is 2.60. The minimum atomic E-state index is 0. The average Bonchev–Trinajstić information content (AvgIpc) is 3.07. The summed E-state index contributed by atoms with van der Waals surface area (Å²) in [6.07, 6.45) is 15.7. The van der Waals surface area contributed by atoms with Crippen LogP contribution in [0.3, 0.4) is 0 Å². The number of unbranched alkanes of at least 4 members (excludes halogenated alkanes) is 1. The summed E-state index contributed by atoms with van der Waals surface area (Å²) in [5.41, 5.74) is 3.03. The van der Waals surface area contributed by atoms with Crippen molar-refractivity contribution in [3.05, 3.63) is 103 Å². The van der Waals surface area contributed by atoms with E-state index in [0.29, 0.717) is 23.7 Å². The van der Waals surface area contributed by atoms with Crippen LogP contribution in [0.25, 0.3) is 0 Å². The summed E-state index contributed by atoms with van der Waals surface area (Å²) in [5, 5.41) is 0. The molecule has 0 heterocycles. The van der Waals surface area contributed by atoms with Crippen molar-refractivity contribution in [2.75, 3.05) is 0 Å². The maximum Gasteiger partial charge on any atom is 4.00 e. The first kappa shape index (κ1) is 30.5. The zero-order valence-corrected chi connectivity index (χ0v) is 22.1. The molecule has 2 aliphatic rings. The molecule has 0 aromatic heterocycles. The number of halogens is 3. The SMILES string of the molecule is CCCCC(c1ccccc1)(c1ccccc1)C1C(C)[CH-]C2C=CC=CC21.[Cl-].[Cl-].[Cl-].[Ti+4]. The first-order chi connectivity index (χ1) is 13.3. The zero-order valence-electron chi connectivity index (χ0n) is 18.2. The van der Waals surface area contributed by atoms with E-state index in [-0.39, 0.29) is 64.4 Å². The predicted octanol–water partition coefficient (Wildman–Crippen LogP) is -2.00. The average molecular weight is 510 g/mol. The van der Waals surface area contributed by atoms with Gasteiger partial charge in [0.1, 0.15) is 0 Å². The summed E-state index contributed by atoms with van der Waals surface area (Å²) in [4.78, 5) is 0. The van der Waals surface area contributed by atoms with E-state index in [0.717, 1.165) is 0 Å². The summed E-state index contributed by atoms with van der Waals surface area (Å²) in [7, 11) is 0. The molecule has 0 amide bonds. The molecule has 4 rings (SSSR count). The van der Waals surface area contributed by atoms with Crippen LogP contribution in [-0.4, -0.2) is 0 Å². The van der Waals surface area contributed by atoms with E-state index in [2.05, 4.69) is 105 Å². The Hall–Kier alpha value is -0.496. The first-order valence-electron chi connectivity index (χ1n) is 10.6. The van der Waals surface area contributed by atoms with Gasteiger partial charge in [-0.1, -0.05) is 106 Å². The molecular formula is C27H31Cl3Ti. The Morgan fingerprint density at radius 1 is 0.806 bits per heavy atom. The Morgan fingerprint density at radius 3 is 1.84 bits per heavy atom. The van der Waals surface area contributed by atoms with Gasteiger partial charge in [-0.15, -0.1) is 12.0 Å². The second kappa shape index (κ2) is 13.9. The fourth-order valence-corrected chi connectivity index (χ4v) is 5.72. The number of rotatable bonds is 6. The third-order valence-corrected chi connectivity index (χ3v) is 6.80. The molecule has 0 N–H and O–H groups in total. The molecule has 31 heavy (non-hydrogen) atoms. The molecule has 0 nitrogen and oxygen atoms in total. The number of hydrogen-bond acceptors (Lipinski definition) is 0. The van der Waals surface area contributed by atoms with E-state index in [1.807, 2.05) is 0 Å². The Morgan fingerprint density at radius 2 is 1.32 bits per heavy atom. The van der Waals surface area contributed by atoms with Crippen molar-refractivity contribution in [3.8, 4) is 0 Å². The van der Waals surface area contributed by atoms with E-state index in [1.54, 1.807) is 0 Å². The molecule has 2 aromatic rings. The quantitative estimate of drug-likeness (QED) is 0.312. The Kier molecular flexibility index (Phi) is 13.7. The molecule has 0 spiro atoms. The van der Waals surface area contributed by atoms with Crippen molar-refractivity contribution in [1.29, 1.82) is 0 Å². The molecule has 0 bridgehead atoms. The molecule has 0 saturated heterocycles. The van der Waals surface area contributed by atoms with Crippen molar-refractivity contribution in [3.63, 3.8) is 0 Å². The molecule has 2 aliphatic carbocycles. The smallest absolute Gasteiger partial charge is 1.00 e. The number of hydrogen-bond donors (Lipinski definition) is 0. The molecular weight excluding hydrogens is 479 g/mol. The van der Waals surface area contributed by atoms with Gasteiger partial charge in [0.05, 0.1) is 0 Å². The third kappa shape index (κ3) is 5.90. The topological polar surface area (TPSA) is 0 Å². The molecule has 2 aromatic carbocycles. The monoisotopic (exact) mass is 508 g/mol. The van der Waals surface area contributed by atoms with Gasteiger partial charge in [0, 0.05) is 5.41 Å².